The van der Waals surface area contributed by atoms with Crippen LogP contribution in [0.1, 0.15) is 36.8 Å². The fourth-order valence-corrected chi connectivity index (χ4v) is 7.04. The van der Waals surface area contributed by atoms with E-state index in [4.69, 9.17) is 14.6 Å². The van der Waals surface area contributed by atoms with Crippen molar-refractivity contribution in [3.63, 3.8) is 0 Å². The Kier molecular flexibility index (Phi) is 11.5. The largest absolute Gasteiger partial charge is 0.493 e. The maximum absolute atomic E-state index is 13.4. The van der Waals surface area contributed by atoms with Gasteiger partial charge in [-0.1, -0.05) is 12.1 Å². The lowest BCUT2D eigenvalue weighted by Gasteiger charge is -2.34. The molecule has 11 nitrogen and oxygen atoms in total. The Bertz CT molecular complexity index is 1870. The van der Waals surface area contributed by atoms with E-state index < -0.39 is 22.2 Å². The average molecular weight is 717 g/mol. The summed E-state index contributed by atoms with van der Waals surface area (Å²) >= 11 is 0. The summed E-state index contributed by atoms with van der Waals surface area (Å²) in [6.45, 7) is 1.56. The van der Waals surface area contributed by atoms with Crippen molar-refractivity contribution in [1.29, 1.82) is 0 Å². The molecule has 0 saturated heterocycles. The minimum absolute atomic E-state index is 0.0391. The predicted octanol–water partition coefficient (Wildman–Crippen LogP) is 6.39. The van der Waals surface area contributed by atoms with E-state index in [2.05, 4.69) is 44.1 Å². The smallest absolute Gasteiger partial charge is 0.490 e. The van der Waals surface area contributed by atoms with Crippen molar-refractivity contribution < 1.29 is 40.6 Å². The monoisotopic (exact) mass is 716 g/mol. The molecule has 0 spiro atoms. The van der Waals surface area contributed by atoms with Crippen LogP contribution in [0.5, 0.6) is 5.75 Å². The maximum atomic E-state index is 13.4. The predicted molar refractivity (Wildman–Crippen MR) is 179 cm³/mol. The Balaban J connectivity index is 0.000000630. The first-order valence-corrected chi connectivity index (χ1v) is 17.2. The highest BCUT2D eigenvalue weighted by atomic mass is 32.2. The second-order valence-electron chi connectivity index (χ2n) is 11.8. The van der Waals surface area contributed by atoms with E-state index in [9.17, 15) is 26.0 Å². The Morgan fingerprint density at radius 2 is 1.60 bits per heavy atom. The van der Waals surface area contributed by atoms with E-state index in [0.717, 1.165) is 51.0 Å². The molecule has 1 aliphatic heterocycles. The first-order valence-electron chi connectivity index (χ1n) is 15.8. The Morgan fingerprint density at radius 1 is 0.960 bits per heavy atom. The number of carbonyl (C=O) groups is 1. The Hall–Kier alpha value is -4.80. The van der Waals surface area contributed by atoms with Crippen molar-refractivity contribution in [1.82, 2.24) is 19.6 Å². The minimum Gasteiger partial charge on any atom is -0.493 e. The summed E-state index contributed by atoms with van der Waals surface area (Å²) in [5.41, 5.74) is 3.88. The van der Waals surface area contributed by atoms with Crippen molar-refractivity contribution in [2.24, 2.45) is 0 Å². The van der Waals surface area contributed by atoms with Crippen LogP contribution < -0.4 is 20.7 Å². The third kappa shape index (κ3) is 9.67. The lowest BCUT2D eigenvalue weighted by atomic mass is 9.91. The molecule has 0 amide bonds. The number of nitrogens with zero attached hydrogens (tertiary/aromatic N) is 3. The van der Waals surface area contributed by atoms with Gasteiger partial charge in [0.2, 0.25) is 16.0 Å². The second-order valence-corrected chi connectivity index (χ2v) is 13.8. The zero-order valence-corrected chi connectivity index (χ0v) is 27.8. The van der Waals surface area contributed by atoms with Gasteiger partial charge in [-0.3, -0.25) is 0 Å². The molecule has 16 heteroatoms. The quantitative estimate of drug-likeness (QED) is 0.136. The van der Waals surface area contributed by atoms with E-state index in [1.54, 1.807) is 55.7 Å². The number of carboxylic acid groups (broad SMARTS) is 1. The van der Waals surface area contributed by atoms with Crippen LogP contribution >= 0.6 is 0 Å². The first-order chi connectivity index (χ1) is 23.8. The molecule has 2 heterocycles. The molecule has 1 fully saturated rings. The summed E-state index contributed by atoms with van der Waals surface area (Å²) in [6, 6.07) is 21.0. The highest BCUT2D eigenvalue weighted by Crippen LogP contribution is 2.29. The van der Waals surface area contributed by atoms with E-state index in [0.29, 0.717) is 29.2 Å². The number of hydrogen-bond acceptors (Lipinski definition) is 9. The van der Waals surface area contributed by atoms with Crippen LogP contribution in [0.3, 0.4) is 0 Å². The van der Waals surface area contributed by atoms with Gasteiger partial charge in [-0.25, -0.2) is 22.6 Å². The number of anilines is 4. The van der Waals surface area contributed by atoms with E-state index in [1.807, 2.05) is 0 Å². The molecular formula is C34H36F4N6O5S. The molecule has 2 aliphatic rings. The SMILES string of the molecule is CN(C1CCC(NCc2ccc3c(c2)CCO3)CC1)S(=O)(=O)c1ccc(Nc2nccc(Nc3ccc(F)cc3)n2)cc1.O=C(O)C(F)(F)F. The van der Waals surface area contributed by atoms with Gasteiger partial charge in [-0.15, -0.1) is 0 Å². The van der Waals surface area contributed by atoms with Crippen LogP contribution in [0.25, 0.3) is 0 Å². The summed E-state index contributed by atoms with van der Waals surface area (Å²) in [6.07, 6.45) is 0.957. The lowest BCUT2D eigenvalue weighted by molar-refractivity contribution is -0.192. The molecule has 0 radical (unpaired) electrons. The third-order valence-corrected chi connectivity index (χ3v) is 10.3. The zero-order chi connectivity index (χ0) is 35.9. The van der Waals surface area contributed by atoms with Gasteiger partial charge < -0.3 is 25.8 Å². The maximum Gasteiger partial charge on any atom is 0.490 e. The van der Waals surface area contributed by atoms with Crippen molar-refractivity contribution >= 4 is 39.1 Å². The molecule has 50 heavy (non-hydrogen) atoms. The summed E-state index contributed by atoms with van der Waals surface area (Å²) in [7, 11) is -1.97. The van der Waals surface area contributed by atoms with Crippen LogP contribution in [-0.4, -0.2) is 65.7 Å². The van der Waals surface area contributed by atoms with Gasteiger partial charge in [0.25, 0.3) is 0 Å². The highest BCUT2D eigenvalue weighted by Gasteiger charge is 2.38. The first kappa shape index (κ1) is 36.5. The van der Waals surface area contributed by atoms with Gasteiger partial charge in [0.05, 0.1) is 11.5 Å². The van der Waals surface area contributed by atoms with E-state index in [1.165, 1.54) is 27.6 Å². The molecule has 1 saturated carbocycles. The summed E-state index contributed by atoms with van der Waals surface area (Å²) in [5.74, 6) is -1.20. The normalized spacial score (nSPS) is 17.2. The number of carboxylic acids is 1. The fourth-order valence-electron chi connectivity index (χ4n) is 5.63. The standard InChI is InChI=1S/C32H35FN6O3S.C2HF3O2/c1-39(28-11-7-25(8-12-28)35-21-22-2-15-30-23(20-22)17-19-42-30)43(40,41)29-13-9-27(10-14-29)37-32-34-18-16-31(38-32)36-26-5-3-24(33)4-6-26;3-2(4,5)1(6)7/h2-6,9-10,13-16,18,20,25,28,35H,7-8,11-12,17,19,21H2,1H3,(H2,34,36,37,38);(H,6,7). The van der Waals surface area contributed by atoms with Crippen LogP contribution in [-0.2, 0) is 27.8 Å². The molecule has 3 aromatic carbocycles. The van der Waals surface area contributed by atoms with Crippen molar-refractivity contribution in [2.75, 3.05) is 24.3 Å². The number of nitrogens with one attached hydrogen (secondary N) is 3. The fraction of sp³-hybridized carbons (Fsp3) is 0.324. The summed E-state index contributed by atoms with van der Waals surface area (Å²) in [5, 5.41) is 17.0. The number of alkyl halides is 3. The minimum atomic E-state index is -5.08. The molecule has 0 bridgehead atoms. The number of ether oxygens (including phenoxy) is 1. The van der Waals surface area contributed by atoms with Crippen molar-refractivity contribution in [3.8, 4) is 5.75 Å². The van der Waals surface area contributed by atoms with Gasteiger partial charge >= 0.3 is 12.1 Å². The molecule has 266 valence electrons. The number of aromatic nitrogens is 2. The summed E-state index contributed by atoms with van der Waals surface area (Å²) in [4.78, 5) is 17.8. The molecule has 0 atom stereocenters. The van der Waals surface area contributed by atoms with Gasteiger partial charge in [-0.2, -0.15) is 22.5 Å². The van der Waals surface area contributed by atoms with E-state index in [-0.39, 0.29) is 16.8 Å². The van der Waals surface area contributed by atoms with Gasteiger partial charge in [0.15, 0.2) is 0 Å². The van der Waals surface area contributed by atoms with E-state index >= 15 is 0 Å². The average Bonchev–Trinajstić information content (AvgIpc) is 3.57. The third-order valence-electron chi connectivity index (χ3n) is 8.36. The molecule has 1 aliphatic carbocycles. The number of sulfonamides is 1. The highest BCUT2D eigenvalue weighted by molar-refractivity contribution is 7.89. The molecule has 6 rings (SSSR count). The number of fused-ring (bicyclic) bond motifs is 1. The van der Waals surface area contributed by atoms with Gasteiger partial charge in [0.1, 0.15) is 17.4 Å². The number of aliphatic carboxylic acids is 1. The molecule has 1 aromatic heterocycles. The zero-order valence-electron chi connectivity index (χ0n) is 27.0. The van der Waals surface area contributed by atoms with Crippen LogP contribution in [0.2, 0.25) is 0 Å². The molecular weight excluding hydrogens is 680 g/mol. The van der Waals surface area contributed by atoms with Gasteiger partial charge in [0, 0.05) is 49.7 Å². The number of benzene rings is 3. The van der Waals surface area contributed by atoms with Crippen LogP contribution in [0.15, 0.2) is 83.9 Å². The summed E-state index contributed by atoms with van der Waals surface area (Å²) < 4.78 is 78.9. The number of rotatable bonds is 10. The second kappa shape index (κ2) is 15.8. The van der Waals surface area contributed by atoms with Crippen molar-refractivity contribution in [2.45, 2.75) is 61.8 Å². The Labute approximate surface area is 286 Å². The number of halogens is 4. The van der Waals surface area contributed by atoms with Crippen LogP contribution in [0, 0.1) is 5.82 Å². The number of hydrogen-bond donors (Lipinski definition) is 4. The molecule has 4 aromatic rings. The molecule has 4 N–H and O–H groups in total. The van der Waals surface area contributed by atoms with Gasteiger partial charge in [-0.05, 0) is 97.5 Å². The lowest BCUT2D eigenvalue weighted by Crippen LogP contribution is -2.43. The van der Waals surface area contributed by atoms with Crippen molar-refractivity contribution in [3.05, 3.63) is 95.9 Å². The topological polar surface area (TPSA) is 146 Å². The van der Waals surface area contributed by atoms with Crippen LogP contribution in [0.4, 0.5) is 40.7 Å². The Morgan fingerprint density at radius 3 is 2.26 bits per heavy atom. The molecule has 0 unspecified atom stereocenters.